The lowest BCUT2D eigenvalue weighted by Gasteiger charge is -2.42. The molecule has 0 spiro atoms. The number of carbonyl (C=O) groups excluding carboxylic acids is 1. The molecule has 1 heterocycles. The second kappa shape index (κ2) is 8.44. The highest BCUT2D eigenvalue weighted by molar-refractivity contribution is 8.33. The van der Waals surface area contributed by atoms with E-state index in [9.17, 15) is 52.7 Å². The van der Waals surface area contributed by atoms with Crippen LogP contribution in [0.4, 0.5) is 39.5 Å². The standard InChI is InChI=1S/C14H19F9O4S2/c1-2-6-10(24)9-28(7-4-3-5-8-28)27-29(25,26)14(22,23)12(17,18)11(15,16)13(19,20)21/h2-9H2,1H3. The minimum atomic E-state index is -7.35. The molecule has 0 radical (unpaired) electrons. The highest BCUT2D eigenvalue weighted by Crippen LogP contribution is 2.60. The van der Waals surface area contributed by atoms with Gasteiger partial charge >= 0.3 is 33.4 Å². The summed E-state index contributed by atoms with van der Waals surface area (Å²) in [6.07, 6.45) is -6.10. The average molecular weight is 486 g/mol. The van der Waals surface area contributed by atoms with E-state index in [1.165, 1.54) is 0 Å². The number of Topliss-reactive ketones (excluding diaryl/α,β-unsaturated/α-hetero) is 1. The molecule has 1 aliphatic heterocycles. The van der Waals surface area contributed by atoms with Crippen molar-refractivity contribution in [2.45, 2.75) is 62.3 Å². The van der Waals surface area contributed by atoms with Crippen LogP contribution in [0.25, 0.3) is 0 Å². The molecule has 174 valence electrons. The maximum atomic E-state index is 13.9. The Morgan fingerprint density at radius 1 is 0.897 bits per heavy atom. The number of ketones is 1. The van der Waals surface area contributed by atoms with Gasteiger partial charge in [-0.2, -0.15) is 47.9 Å². The molecule has 0 amide bonds. The van der Waals surface area contributed by atoms with Crippen molar-refractivity contribution in [2.24, 2.45) is 0 Å². The average Bonchev–Trinajstić information content (AvgIpc) is 2.53. The summed E-state index contributed by atoms with van der Waals surface area (Å²) in [6.45, 7) is 1.58. The van der Waals surface area contributed by atoms with Gasteiger partial charge in [-0.15, -0.1) is 10.3 Å². The topological polar surface area (TPSA) is 60.4 Å². The van der Waals surface area contributed by atoms with E-state index in [2.05, 4.69) is 3.63 Å². The molecular weight excluding hydrogens is 467 g/mol. The minimum absolute atomic E-state index is 0.100. The van der Waals surface area contributed by atoms with Gasteiger partial charge in [0.25, 0.3) is 0 Å². The highest BCUT2D eigenvalue weighted by atomic mass is 32.3. The van der Waals surface area contributed by atoms with Crippen LogP contribution in [0.1, 0.15) is 39.0 Å². The van der Waals surface area contributed by atoms with Gasteiger partial charge in [0.05, 0.1) is 5.75 Å². The Morgan fingerprint density at radius 2 is 1.38 bits per heavy atom. The molecule has 0 aromatic heterocycles. The van der Waals surface area contributed by atoms with Crippen LogP contribution in [0.15, 0.2) is 0 Å². The molecule has 0 saturated carbocycles. The number of rotatable bonds is 9. The van der Waals surface area contributed by atoms with Crippen molar-refractivity contribution in [3.05, 3.63) is 0 Å². The Kier molecular flexibility index (Phi) is 7.66. The zero-order valence-corrected chi connectivity index (χ0v) is 16.6. The van der Waals surface area contributed by atoms with Crippen LogP contribution in [0.5, 0.6) is 0 Å². The van der Waals surface area contributed by atoms with Crippen molar-refractivity contribution >= 4 is 26.2 Å². The Labute approximate surface area is 162 Å². The van der Waals surface area contributed by atoms with Crippen molar-refractivity contribution < 1.29 is 56.4 Å². The molecule has 0 aromatic carbocycles. The number of carbonyl (C=O) groups is 1. The van der Waals surface area contributed by atoms with Crippen molar-refractivity contribution in [3.8, 4) is 0 Å². The van der Waals surface area contributed by atoms with Crippen LogP contribution in [-0.2, 0) is 18.5 Å². The van der Waals surface area contributed by atoms with E-state index in [-0.39, 0.29) is 30.8 Å². The molecule has 0 bridgehead atoms. The summed E-state index contributed by atoms with van der Waals surface area (Å²) < 4.78 is 145. The second-order valence-corrected chi connectivity index (χ2v) is 11.6. The molecule has 1 aliphatic rings. The summed E-state index contributed by atoms with van der Waals surface area (Å²) in [5.74, 6) is -16.5. The van der Waals surface area contributed by atoms with Gasteiger partial charge < -0.3 is 0 Å². The fourth-order valence-electron chi connectivity index (χ4n) is 2.64. The van der Waals surface area contributed by atoms with Crippen LogP contribution in [0, 0.1) is 0 Å². The summed E-state index contributed by atoms with van der Waals surface area (Å²) in [5.41, 5.74) is 0. The largest absolute Gasteiger partial charge is 0.460 e. The molecule has 1 saturated heterocycles. The number of alkyl halides is 9. The molecule has 15 heteroatoms. The third kappa shape index (κ3) is 4.97. The van der Waals surface area contributed by atoms with E-state index in [1.807, 2.05) is 0 Å². The molecule has 1 rings (SSSR count). The summed E-state index contributed by atoms with van der Waals surface area (Å²) in [7, 11) is -10.2. The first kappa shape index (κ1) is 26.3. The smallest absolute Gasteiger partial charge is 0.299 e. The summed E-state index contributed by atoms with van der Waals surface area (Å²) in [4.78, 5) is 11.9. The third-order valence-electron chi connectivity index (χ3n) is 4.15. The van der Waals surface area contributed by atoms with E-state index < -0.39 is 55.2 Å². The predicted octanol–water partition coefficient (Wildman–Crippen LogP) is 5.03. The van der Waals surface area contributed by atoms with Gasteiger partial charge in [-0.05, 0) is 19.3 Å². The Morgan fingerprint density at radius 3 is 1.79 bits per heavy atom. The van der Waals surface area contributed by atoms with Crippen molar-refractivity contribution in [3.63, 3.8) is 0 Å². The fraction of sp³-hybridized carbons (Fsp3) is 0.929. The van der Waals surface area contributed by atoms with Gasteiger partial charge in [0, 0.05) is 17.9 Å². The van der Waals surface area contributed by atoms with Gasteiger partial charge in [-0.3, -0.25) is 4.79 Å². The fourth-order valence-corrected chi connectivity index (χ4v) is 8.37. The van der Waals surface area contributed by atoms with Crippen LogP contribution < -0.4 is 0 Å². The molecule has 0 N–H and O–H groups in total. The summed E-state index contributed by atoms with van der Waals surface area (Å²) in [6, 6.07) is 0. The summed E-state index contributed by atoms with van der Waals surface area (Å²) in [5, 5.41) is -6.90. The predicted molar refractivity (Wildman–Crippen MR) is 86.9 cm³/mol. The quantitative estimate of drug-likeness (QED) is 0.429. The zero-order valence-electron chi connectivity index (χ0n) is 15.0. The van der Waals surface area contributed by atoms with Crippen molar-refractivity contribution in [1.29, 1.82) is 0 Å². The molecule has 0 unspecified atom stereocenters. The highest BCUT2D eigenvalue weighted by Gasteiger charge is 2.86. The molecule has 0 aliphatic carbocycles. The van der Waals surface area contributed by atoms with E-state index in [0.717, 1.165) is 0 Å². The lowest BCUT2D eigenvalue weighted by atomic mass is 10.1. The van der Waals surface area contributed by atoms with Gasteiger partial charge in [0.1, 0.15) is 5.78 Å². The first-order chi connectivity index (χ1) is 12.9. The molecular formula is C14H19F9O4S2. The SMILES string of the molecule is CCCC(=O)CS1(OS(=O)(=O)C(F)(F)C(F)(F)C(F)(F)C(F)(F)F)CCCCC1. The van der Waals surface area contributed by atoms with Crippen LogP contribution in [-0.4, -0.2) is 54.7 Å². The molecule has 0 aromatic rings. The van der Waals surface area contributed by atoms with Crippen molar-refractivity contribution in [2.75, 3.05) is 17.3 Å². The van der Waals surface area contributed by atoms with Gasteiger partial charge in [-0.1, -0.05) is 13.3 Å². The first-order valence-corrected chi connectivity index (χ1v) is 11.8. The van der Waals surface area contributed by atoms with Crippen LogP contribution in [0.3, 0.4) is 0 Å². The Balaban J connectivity index is 3.34. The normalized spacial score (nSPS) is 20.3. The molecule has 4 nitrogen and oxygen atoms in total. The Hall–Kier alpha value is -0.700. The van der Waals surface area contributed by atoms with E-state index in [1.54, 1.807) is 6.92 Å². The number of halogens is 9. The summed E-state index contributed by atoms with van der Waals surface area (Å²) >= 11 is 0. The van der Waals surface area contributed by atoms with Gasteiger partial charge in [0.2, 0.25) is 0 Å². The molecule has 29 heavy (non-hydrogen) atoms. The van der Waals surface area contributed by atoms with Crippen LogP contribution >= 0.6 is 10.3 Å². The number of hydrogen-bond acceptors (Lipinski definition) is 4. The van der Waals surface area contributed by atoms with E-state index in [0.29, 0.717) is 12.8 Å². The van der Waals surface area contributed by atoms with Crippen LogP contribution in [0.2, 0.25) is 0 Å². The second-order valence-electron chi connectivity index (χ2n) is 6.55. The maximum Gasteiger partial charge on any atom is 0.460 e. The molecule has 0 atom stereocenters. The van der Waals surface area contributed by atoms with Gasteiger partial charge in [0.15, 0.2) is 0 Å². The Bertz CT molecular complexity index is 698. The third-order valence-corrected chi connectivity index (χ3v) is 9.82. The number of hydrogen-bond donors (Lipinski definition) is 0. The van der Waals surface area contributed by atoms with Crippen molar-refractivity contribution in [1.82, 2.24) is 0 Å². The lowest BCUT2D eigenvalue weighted by molar-refractivity contribution is -0.382. The lowest BCUT2D eigenvalue weighted by Crippen LogP contribution is -2.63. The zero-order chi connectivity index (χ0) is 22.9. The van der Waals surface area contributed by atoms with E-state index >= 15 is 0 Å². The minimum Gasteiger partial charge on any atom is -0.299 e. The maximum absolute atomic E-state index is 13.9. The van der Waals surface area contributed by atoms with Gasteiger partial charge in [-0.25, -0.2) is 3.63 Å². The monoisotopic (exact) mass is 486 g/mol. The molecule has 1 fully saturated rings. The van der Waals surface area contributed by atoms with E-state index in [4.69, 9.17) is 0 Å². The first-order valence-electron chi connectivity index (χ1n) is 8.31.